The standard InChI is InChI=1S/C15H19F2N3/c1-2-4-20-5-3-19-15(20)10-14(18)8-11-6-12(16)9-13(17)7-11/h3,5-7,9,14H,2,4,8,10,18H2,1H3. The number of hydrogen-bond acceptors (Lipinski definition) is 2. The lowest BCUT2D eigenvalue weighted by molar-refractivity contribution is 0.564. The number of nitrogens with two attached hydrogens (primary N) is 1. The zero-order chi connectivity index (χ0) is 14.5. The van der Waals surface area contributed by atoms with Crippen LogP contribution in [-0.4, -0.2) is 15.6 Å². The highest BCUT2D eigenvalue weighted by molar-refractivity contribution is 5.19. The van der Waals surface area contributed by atoms with E-state index in [2.05, 4.69) is 16.5 Å². The molecule has 0 aliphatic carbocycles. The Labute approximate surface area is 117 Å². The van der Waals surface area contributed by atoms with Crippen LogP contribution in [0.4, 0.5) is 8.78 Å². The first-order valence-corrected chi connectivity index (χ1v) is 6.79. The highest BCUT2D eigenvalue weighted by atomic mass is 19.1. The van der Waals surface area contributed by atoms with Gasteiger partial charge in [-0.3, -0.25) is 0 Å². The van der Waals surface area contributed by atoms with Gasteiger partial charge in [0.05, 0.1) is 0 Å². The summed E-state index contributed by atoms with van der Waals surface area (Å²) in [6.07, 6.45) is 5.71. The molecule has 1 aromatic heterocycles. The molecule has 1 unspecified atom stereocenters. The van der Waals surface area contributed by atoms with Crippen LogP contribution in [0.2, 0.25) is 0 Å². The van der Waals surface area contributed by atoms with Gasteiger partial charge in [0.2, 0.25) is 0 Å². The van der Waals surface area contributed by atoms with Gasteiger partial charge in [-0.15, -0.1) is 0 Å². The maximum absolute atomic E-state index is 13.1. The summed E-state index contributed by atoms with van der Waals surface area (Å²) in [6, 6.07) is 3.29. The first kappa shape index (κ1) is 14.7. The quantitative estimate of drug-likeness (QED) is 0.883. The lowest BCUT2D eigenvalue weighted by Crippen LogP contribution is -2.27. The van der Waals surface area contributed by atoms with Crippen LogP contribution >= 0.6 is 0 Å². The van der Waals surface area contributed by atoms with Gasteiger partial charge >= 0.3 is 0 Å². The summed E-state index contributed by atoms with van der Waals surface area (Å²) < 4.78 is 28.3. The molecular formula is C15H19F2N3. The summed E-state index contributed by atoms with van der Waals surface area (Å²) in [5.74, 6) is -0.226. The maximum atomic E-state index is 13.1. The summed E-state index contributed by atoms with van der Waals surface area (Å²) in [5, 5.41) is 0. The topological polar surface area (TPSA) is 43.8 Å². The molecule has 1 heterocycles. The second-order valence-corrected chi connectivity index (χ2v) is 4.98. The van der Waals surface area contributed by atoms with Crippen molar-refractivity contribution in [2.45, 2.75) is 38.8 Å². The van der Waals surface area contributed by atoms with Crippen LogP contribution in [0.1, 0.15) is 24.7 Å². The van der Waals surface area contributed by atoms with Gasteiger partial charge in [0.25, 0.3) is 0 Å². The molecule has 0 aliphatic heterocycles. The summed E-state index contributed by atoms with van der Waals surface area (Å²) in [7, 11) is 0. The maximum Gasteiger partial charge on any atom is 0.126 e. The number of aryl methyl sites for hydroxylation is 1. The molecule has 0 fully saturated rings. The van der Waals surface area contributed by atoms with Crippen molar-refractivity contribution in [2.24, 2.45) is 5.73 Å². The smallest absolute Gasteiger partial charge is 0.126 e. The fraction of sp³-hybridized carbons (Fsp3) is 0.400. The van der Waals surface area contributed by atoms with Gasteiger partial charge in [0, 0.05) is 37.5 Å². The molecule has 0 bridgehead atoms. The van der Waals surface area contributed by atoms with Crippen molar-refractivity contribution in [3.05, 3.63) is 53.6 Å². The minimum Gasteiger partial charge on any atom is -0.335 e. The summed E-state index contributed by atoms with van der Waals surface area (Å²) in [5.41, 5.74) is 6.64. The van der Waals surface area contributed by atoms with Gasteiger partial charge in [-0.05, 0) is 30.5 Å². The minimum atomic E-state index is -0.570. The van der Waals surface area contributed by atoms with Crippen molar-refractivity contribution in [1.82, 2.24) is 9.55 Å². The van der Waals surface area contributed by atoms with E-state index in [-0.39, 0.29) is 6.04 Å². The Balaban J connectivity index is 2.01. The molecule has 2 rings (SSSR count). The van der Waals surface area contributed by atoms with Crippen LogP contribution in [0.15, 0.2) is 30.6 Å². The molecule has 108 valence electrons. The van der Waals surface area contributed by atoms with Gasteiger partial charge in [0.15, 0.2) is 0 Å². The molecule has 20 heavy (non-hydrogen) atoms. The van der Waals surface area contributed by atoms with Crippen LogP contribution < -0.4 is 5.73 Å². The minimum absolute atomic E-state index is 0.214. The first-order chi connectivity index (χ1) is 9.58. The number of aromatic nitrogens is 2. The average Bonchev–Trinajstić information content (AvgIpc) is 2.75. The fourth-order valence-corrected chi connectivity index (χ4v) is 2.31. The zero-order valence-electron chi connectivity index (χ0n) is 11.5. The molecule has 1 atom stereocenters. The Hall–Kier alpha value is -1.75. The van der Waals surface area contributed by atoms with E-state index >= 15 is 0 Å². The van der Waals surface area contributed by atoms with Gasteiger partial charge in [-0.25, -0.2) is 13.8 Å². The number of halogens is 2. The lowest BCUT2D eigenvalue weighted by Gasteiger charge is -2.13. The Kier molecular flexibility index (Phi) is 4.84. The molecule has 1 aromatic carbocycles. The van der Waals surface area contributed by atoms with E-state index in [0.29, 0.717) is 18.4 Å². The SMILES string of the molecule is CCCn1ccnc1CC(N)Cc1cc(F)cc(F)c1. The van der Waals surface area contributed by atoms with Crippen LogP contribution in [0.25, 0.3) is 0 Å². The normalized spacial score (nSPS) is 12.6. The summed E-state index contributed by atoms with van der Waals surface area (Å²) in [4.78, 5) is 4.29. The van der Waals surface area contributed by atoms with Gasteiger partial charge in [-0.2, -0.15) is 0 Å². The highest BCUT2D eigenvalue weighted by Crippen LogP contribution is 2.11. The van der Waals surface area contributed by atoms with Gasteiger partial charge < -0.3 is 10.3 Å². The van der Waals surface area contributed by atoms with Gasteiger partial charge in [-0.1, -0.05) is 6.92 Å². The lowest BCUT2D eigenvalue weighted by atomic mass is 10.0. The van der Waals surface area contributed by atoms with E-state index < -0.39 is 11.6 Å². The number of rotatable bonds is 6. The van der Waals surface area contributed by atoms with Crippen LogP contribution in [0.3, 0.4) is 0 Å². The Morgan fingerprint density at radius 2 is 1.90 bits per heavy atom. The third-order valence-corrected chi connectivity index (χ3v) is 3.13. The van der Waals surface area contributed by atoms with E-state index in [1.54, 1.807) is 6.20 Å². The predicted molar refractivity (Wildman–Crippen MR) is 74.3 cm³/mol. The van der Waals surface area contributed by atoms with Crippen LogP contribution in [0, 0.1) is 11.6 Å². The second kappa shape index (κ2) is 6.61. The van der Waals surface area contributed by atoms with Crippen molar-refractivity contribution in [1.29, 1.82) is 0 Å². The largest absolute Gasteiger partial charge is 0.335 e. The van der Waals surface area contributed by atoms with E-state index in [9.17, 15) is 8.78 Å². The molecule has 0 amide bonds. The predicted octanol–water partition coefficient (Wildman–Crippen LogP) is 2.68. The van der Waals surface area contributed by atoms with Crippen molar-refractivity contribution in [3.63, 3.8) is 0 Å². The Bertz CT molecular complexity index is 546. The molecule has 5 heteroatoms. The molecule has 2 N–H and O–H groups in total. The molecule has 3 nitrogen and oxygen atoms in total. The third-order valence-electron chi connectivity index (χ3n) is 3.13. The van der Waals surface area contributed by atoms with E-state index in [1.807, 2.05) is 6.20 Å². The summed E-state index contributed by atoms with van der Waals surface area (Å²) in [6.45, 7) is 3.00. The number of nitrogens with zero attached hydrogens (tertiary/aromatic N) is 2. The molecule has 0 saturated heterocycles. The summed E-state index contributed by atoms with van der Waals surface area (Å²) >= 11 is 0. The zero-order valence-corrected chi connectivity index (χ0v) is 11.5. The fourth-order valence-electron chi connectivity index (χ4n) is 2.31. The Morgan fingerprint density at radius 1 is 1.20 bits per heavy atom. The van der Waals surface area contributed by atoms with Crippen LogP contribution in [-0.2, 0) is 19.4 Å². The first-order valence-electron chi connectivity index (χ1n) is 6.79. The molecule has 0 radical (unpaired) electrons. The molecule has 0 aliphatic rings. The van der Waals surface area contributed by atoms with Crippen molar-refractivity contribution in [3.8, 4) is 0 Å². The third kappa shape index (κ3) is 3.87. The van der Waals surface area contributed by atoms with E-state index in [1.165, 1.54) is 12.1 Å². The molecule has 0 saturated carbocycles. The molecular weight excluding hydrogens is 260 g/mol. The molecule has 2 aromatic rings. The van der Waals surface area contributed by atoms with E-state index in [4.69, 9.17) is 5.73 Å². The number of hydrogen-bond donors (Lipinski definition) is 1. The van der Waals surface area contributed by atoms with E-state index in [0.717, 1.165) is 24.9 Å². The van der Waals surface area contributed by atoms with Gasteiger partial charge in [0.1, 0.15) is 17.5 Å². The second-order valence-electron chi connectivity index (χ2n) is 4.98. The number of imidazole rings is 1. The van der Waals surface area contributed by atoms with Crippen LogP contribution in [0.5, 0.6) is 0 Å². The Morgan fingerprint density at radius 3 is 2.55 bits per heavy atom. The van der Waals surface area contributed by atoms with Crippen molar-refractivity contribution >= 4 is 0 Å². The monoisotopic (exact) mass is 279 g/mol. The number of benzene rings is 1. The van der Waals surface area contributed by atoms with Crippen molar-refractivity contribution < 1.29 is 8.78 Å². The molecule has 0 spiro atoms. The highest BCUT2D eigenvalue weighted by Gasteiger charge is 2.11. The van der Waals surface area contributed by atoms with Crippen molar-refractivity contribution in [2.75, 3.05) is 0 Å². The average molecular weight is 279 g/mol.